The molecule has 2 aromatic rings. The predicted molar refractivity (Wildman–Crippen MR) is 94.3 cm³/mol. The fraction of sp³-hybridized carbons (Fsp3) is 0.389. The first kappa shape index (κ1) is 17.8. The Balaban J connectivity index is 1.91. The monoisotopic (exact) mass is 366 g/mol. The van der Waals surface area contributed by atoms with Gasteiger partial charge in [0.2, 0.25) is 0 Å². The number of aromatic amines is 1. The predicted octanol–water partition coefficient (Wildman–Crippen LogP) is 3.95. The van der Waals surface area contributed by atoms with Crippen LogP contribution in [0.15, 0.2) is 41.6 Å². The summed E-state index contributed by atoms with van der Waals surface area (Å²) >= 11 is 6.04. The van der Waals surface area contributed by atoms with Gasteiger partial charge in [-0.1, -0.05) is 11.6 Å². The maximum atomic E-state index is 14.6. The highest BCUT2D eigenvalue weighted by molar-refractivity contribution is 6.31. The molecule has 0 aromatic carbocycles. The Kier molecular flexibility index (Phi) is 5.60. The number of aromatic nitrogens is 2. The molecule has 0 spiro atoms. The SMILES string of the molecule is COCCOC1=CCC(F)C(Cc2c[nH]c3ncc(Cl)cc23)=C1OC. The van der Waals surface area contributed by atoms with Gasteiger partial charge in [0, 0.05) is 43.3 Å². The number of fused-ring (bicyclic) bond motifs is 1. The van der Waals surface area contributed by atoms with Crippen molar-refractivity contribution in [2.24, 2.45) is 0 Å². The third kappa shape index (κ3) is 3.80. The minimum absolute atomic E-state index is 0.256. The van der Waals surface area contributed by atoms with Crippen molar-refractivity contribution in [3.63, 3.8) is 0 Å². The van der Waals surface area contributed by atoms with Gasteiger partial charge >= 0.3 is 0 Å². The molecule has 1 aliphatic rings. The van der Waals surface area contributed by atoms with Crippen molar-refractivity contribution in [2.45, 2.75) is 19.0 Å². The highest BCUT2D eigenvalue weighted by Crippen LogP contribution is 2.33. The number of hydrogen-bond donors (Lipinski definition) is 1. The molecule has 3 rings (SSSR count). The smallest absolute Gasteiger partial charge is 0.162 e. The molecular weight excluding hydrogens is 347 g/mol. The Morgan fingerprint density at radius 3 is 2.96 bits per heavy atom. The van der Waals surface area contributed by atoms with Gasteiger partial charge in [-0.3, -0.25) is 0 Å². The lowest BCUT2D eigenvalue weighted by atomic mass is 9.94. The molecule has 25 heavy (non-hydrogen) atoms. The molecule has 134 valence electrons. The van der Waals surface area contributed by atoms with E-state index in [4.69, 9.17) is 25.8 Å². The molecule has 1 atom stereocenters. The lowest BCUT2D eigenvalue weighted by molar-refractivity contribution is 0.0975. The van der Waals surface area contributed by atoms with E-state index in [2.05, 4.69) is 9.97 Å². The van der Waals surface area contributed by atoms with Crippen LogP contribution in [-0.2, 0) is 20.6 Å². The van der Waals surface area contributed by atoms with Crippen LogP contribution in [0.1, 0.15) is 12.0 Å². The largest absolute Gasteiger partial charge is 0.493 e. The molecule has 0 bridgehead atoms. The van der Waals surface area contributed by atoms with Crippen molar-refractivity contribution in [3.8, 4) is 0 Å². The van der Waals surface area contributed by atoms with Crippen LogP contribution in [0.4, 0.5) is 4.39 Å². The van der Waals surface area contributed by atoms with Gasteiger partial charge in [0.1, 0.15) is 18.4 Å². The van der Waals surface area contributed by atoms with E-state index in [-0.39, 0.29) is 6.42 Å². The molecule has 0 saturated carbocycles. The first-order valence-electron chi connectivity index (χ1n) is 7.99. The minimum Gasteiger partial charge on any atom is -0.493 e. The fourth-order valence-corrected chi connectivity index (χ4v) is 3.07. The van der Waals surface area contributed by atoms with Crippen molar-refractivity contribution in [3.05, 3.63) is 52.2 Å². The molecule has 0 radical (unpaired) electrons. The molecule has 2 heterocycles. The second kappa shape index (κ2) is 7.89. The number of rotatable bonds is 7. The van der Waals surface area contributed by atoms with E-state index in [0.717, 1.165) is 16.6 Å². The standard InChI is InChI=1S/C18H20ClFN2O3/c1-23-5-6-25-16-4-3-15(20)14(17(16)24-2)7-11-9-21-18-13(11)8-12(19)10-22-18/h4,8-10,15H,3,5-7H2,1-2H3,(H,21,22). The summed E-state index contributed by atoms with van der Waals surface area (Å²) in [6.07, 6.45) is 4.64. The van der Waals surface area contributed by atoms with E-state index in [1.807, 2.05) is 12.3 Å². The van der Waals surface area contributed by atoms with Crippen molar-refractivity contribution in [2.75, 3.05) is 27.4 Å². The van der Waals surface area contributed by atoms with E-state index in [1.54, 1.807) is 19.4 Å². The van der Waals surface area contributed by atoms with Crippen LogP contribution in [0.25, 0.3) is 11.0 Å². The number of halogens is 2. The Morgan fingerprint density at radius 2 is 2.20 bits per heavy atom. The topological polar surface area (TPSA) is 56.4 Å². The second-order valence-corrected chi connectivity index (χ2v) is 6.15. The number of hydrogen-bond acceptors (Lipinski definition) is 4. The molecule has 2 aromatic heterocycles. The second-order valence-electron chi connectivity index (χ2n) is 5.71. The Labute approximate surface area is 150 Å². The number of alkyl halides is 1. The Hall–Kier alpha value is -2.05. The van der Waals surface area contributed by atoms with E-state index < -0.39 is 6.17 Å². The van der Waals surface area contributed by atoms with Gasteiger partial charge in [-0.25, -0.2) is 9.37 Å². The summed E-state index contributed by atoms with van der Waals surface area (Å²) < 4.78 is 30.7. The first-order valence-corrected chi connectivity index (χ1v) is 8.36. The molecule has 1 unspecified atom stereocenters. The van der Waals surface area contributed by atoms with Gasteiger partial charge in [-0.15, -0.1) is 0 Å². The van der Waals surface area contributed by atoms with Crippen LogP contribution < -0.4 is 0 Å². The summed E-state index contributed by atoms with van der Waals surface area (Å²) in [5, 5.41) is 1.41. The van der Waals surface area contributed by atoms with Crippen LogP contribution >= 0.6 is 11.6 Å². The molecule has 1 N–H and O–H groups in total. The van der Waals surface area contributed by atoms with Crippen LogP contribution in [-0.4, -0.2) is 43.6 Å². The fourth-order valence-electron chi connectivity index (χ4n) is 2.91. The van der Waals surface area contributed by atoms with E-state index in [1.165, 1.54) is 7.11 Å². The van der Waals surface area contributed by atoms with Crippen LogP contribution in [0, 0.1) is 0 Å². The number of allylic oxidation sites excluding steroid dienone is 2. The van der Waals surface area contributed by atoms with Gasteiger partial charge in [0.05, 0.1) is 18.7 Å². The van der Waals surface area contributed by atoms with Crippen LogP contribution in [0.2, 0.25) is 5.02 Å². The summed E-state index contributed by atoms with van der Waals surface area (Å²) in [6, 6.07) is 1.82. The van der Waals surface area contributed by atoms with Crippen molar-refractivity contribution in [1.29, 1.82) is 0 Å². The quantitative estimate of drug-likeness (QED) is 0.754. The summed E-state index contributed by atoms with van der Waals surface area (Å²) in [7, 11) is 3.12. The number of nitrogens with zero attached hydrogens (tertiary/aromatic N) is 1. The maximum absolute atomic E-state index is 14.6. The Bertz CT molecular complexity index is 816. The molecule has 0 aliphatic heterocycles. The summed E-state index contributed by atoms with van der Waals surface area (Å²) in [5.74, 6) is 0.999. The molecular formula is C18H20ClFN2O3. The average molecular weight is 367 g/mol. The highest BCUT2D eigenvalue weighted by atomic mass is 35.5. The average Bonchev–Trinajstić information content (AvgIpc) is 3.00. The van der Waals surface area contributed by atoms with Gasteiger partial charge in [0.25, 0.3) is 0 Å². The van der Waals surface area contributed by atoms with Gasteiger partial charge < -0.3 is 19.2 Å². The lowest BCUT2D eigenvalue weighted by Crippen LogP contribution is -2.18. The summed E-state index contributed by atoms with van der Waals surface area (Å²) in [6.45, 7) is 0.835. The normalized spacial score (nSPS) is 17.8. The number of pyridine rings is 1. The molecule has 0 saturated heterocycles. The Morgan fingerprint density at radius 1 is 1.36 bits per heavy atom. The molecule has 0 fully saturated rings. The number of methoxy groups -OCH3 is 2. The number of nitrogens with one attached hydrogen (secondary N) is 1. The van der Waals surface area contributed by atoms with Gasteiger partial charge in [-0.2, -0.15) is 0 Å². The van der Waals surface area contributed by atoms with Crippen LogP contribution in [0.5, 0.6) is 0 Å². The van der Waals surface area contributed by atoms with E-state index in [0.29, 0.717) is 41.7 Å². The summed E-state index contributed by atoms with van der Waals surface area (Å²) in [4.78, 5) is 7.33. The van der Waals surface area contributed by atoms with Crippen molar-refractivity contribution >= 4 is 22.6 Å². The molecule has 5 nitrogen and oxygen atoms in total. The summed E-state index contributed by atoms with van der Waals surface area (Å²) in [5.41, 5.74) is 2.19. The molecule has 0 amide bonds. The zero-order chi connectivity index (χ0) is 17.8. The minimum atomic E-state index is -1.12. The maximum Gasteiger partial charge on any atom is 0.162 e. The van der Waals surface area contributed by atoms with E-state index in [9.17, 15) is 4.39 Å². The highest BCUT2D eigenvalue weighted by Gasteiger charge is 2.27. The third-order valence-corrected chi connectivity index (χ3v) is 4.32. The van der Waals surface area contributed by atoms with E-state index >= 15 is 0 Å². The zero-order valence-corrected chi connectivity index (χ0v) is 14.9. The third-order valence-electron chi connectivity index (χ3n) is 4.12. The number of ether oxygens (including phenoxy) is 3. The lowest BCUT2D eigenvalue weighted by Gasteiger charge is -2.23. The van der Waals surface area contributed by atoms with Gasteiger partial charge in [-0.05, 0) is 17.7 Å². The zero-order valence-electron chi connectivity index (χ0n) is 14.1. The van der Waals surface area contributed by atoms with Crippen molar-refractivity contribution < 1.29 is 18.6 Å². The number of H-pyrrole nitrogens is 1. The first-order chi connectivity index (χ1) is 12.1. The van der Waals surface area contributed by atoms with Crippen molar-refractivity contribution in [1.82, 2.24) is 9.97 Å². The molecule has 7 heteroatoms. The molecule has 1 aliphatic carbocycles. The van der Waals surface area contributed by atoms with Gasteiger partial charge in [0.15, 0.2) is 11.5 Å². The van der Waals surface area contributed by atoms with Crippen LogP contribution in [0.3, 0.4) is 0 Å².